The van der Waals surface area contributed by atoms with E-state index in [1.54, 1.807) is 18.7 Å². The SMILES string of the molecule is CCCN(CC1CC1)C(=O)c1ccc(F)c(S(=O)(=O)N(CC)CC)c1. The first-order chi connectivity index (χ1) is 11.8. The van der Waals surface area contributed by atoms with E-state index in [9.17, 15) is 17.6 Å². The molecule has 0 heterocycles. The molecule has 1 fully saturated rings. The number of benzene rings is 1. The van der Waals surface area contributed by atoms with Crippen LogP contribution < -0.4 is 0 Å². The second-order valence-corrected chi connectivity index (χ2v) is 8.34. The lowest BCUT2D eigenvalue weighted by atomic mass is 10.1. The predicted octanol–water partition coefficient (Wildman–Crippen LogP) is 3.12. The number of rotatable bonds is 9. The lowest BCUT2D eigenvalue weighted by molar-refractivity contribution is 0.0747. The maximum atomic E-state index is 14.2. The number of amides is 1. The van der Waals surface area contributed by atoms with Crippen molar-refractivity contribution in [1.29, 1.82) is 0 Å². The fraction of sp³-hybridized carbons (Fsp3) is 0.611. The molecule has 0 aliphatic heterocycles. The minimum Gasteiger partial charge on any atom is -0.338 e. The fourth-order valence-electron chi connectivity index (χ4n) is 2.88. The molecule has 1 aromatic rings. The lowest BCUT2D eigenvalue weighted by Gasteiger charge is -2.23. The molecule has 7 heteroatoms. The van der Waals surface area contributed by atoms with Crippen LogP contribution in [-0.2, 0) is 10.0 Å². The molecule has 0 aromatic heterocycles. The molecule has 25 heavy (non-hydrogen) atoms. The third-order valence-corrected chi connectivity index (χ3v) is 6.52. The molecule has 1 aliphatic carbocycles. The van der Waals surface area contributed by atoms with E-state index in [1.807, 2.05) is 6.92 Å². The lowest BCUT2D eigenvalue weighted by Crippen LogP contribution is -2.34. The monoisotopic (exact) mass is 370 g/mol. The highest BCUT2D eigenvalue weighted by molar-refractivity contribution is 7.89. The normalized spacial score (nSPS) is 14.8. The van der Waals surface area contributed by atoms with Gasteiger partial charge in [0.25, 0.3) is 5.91 Å². The first-order valence-electron chi connectivity index (χ1n) is 8.94. The zero-order chi connectivity index (χ0) is 18.6. The Hall–Kier alpha value is -1.47. The van der Waals surface area contributed by atoms with E-state index in [0.29, 0.717) is 19.0 Å². The Labute approximate surface area is 149 Å². The fourth-order valence-corrected chi connectivity index (χ4v) is 4.43. The van der Waals surface area contributed by atoms with E-state index >= 15 is 0 Å². The Kier molecular flexibility index (Phi) is 6.57. The van der Waals surface area contributed by atoms with E-state index < -0.39 is 20.7 Å². The maximum Gasteiger partial charge on any atom is 0.253 e. The standard InChI is InChI=1S/C18H27FN2O3S/c1-4-11-20(13-14-7-8-14)18(22)15-9-10-16(19)17(12-15)25(23,24)21(5-2)6-3/h9-10,12,14H,4-8,11,13H2,1-3H3. The van der Waals surface area contributed by atoms with Gasteiger partial charge in [0.2, 0.25) is 10.0 Å². The Morgan fingerprint density at radius 3 is 2.36 bits per heavy atom. The van der Waals surface area contributed by atoms with Crippen molar-refractivity contribution in [2.45, 2.75) is 44.9 Å². The van der Waals surface area contributed by atoms with E-state index in [-0.39, 0.29) is 24.6 Å². The Morgan fingerprint density at radius 2 is 1.84 bits per heavy atom. The number of halogens is 1. The number of carbonyl (C=O) groups excluding carboxylic acids is 1. The highest BCUT2D eigenvalue weighted by Gasteiger charge is 2.29. The van der Waals surface area contributed by atoms with E-state index in [0.717, 1.165) is 25.3 Å². The van der Waals surface area contributed by atoms with Crippen LogP contribution in [0.2, 0.25) is 0 Å². The van der Waals surface area contributed by atoms with Gasteiger partial charge in [0, 0.05) is 31.7 Å². The summed E-state index contributed by atoms with van der Waals surface area (Å²) < 4.78 is 40.7. The highest BCUT2D eigenvalue weighted by Crippen LogP contribution is 2.30. The average molecular weight is 370 g/mol. The molecule has 0 spiro atoms. The number of nitrogens with zero attached hydrogens (tertiary/aromatic N) is 2. The van der Waals surface area contributed by atoms with Crippen molar-refractivity contribution < 1.29 is 17.6 Å². The first-order valence-corrected chi connectivity index (χ1v) is 10.4. The molecule has 0 atom stereocenters. The van der Waals surface area contributed by atoms with Crippen LogP contribution in [0, 0.1) is 11.7 Å². The molecule has 1 aliphatic rings. The zero-order valence-corrected chi connectivity index (χ0v) is 16.0. The largest absolute Gasteiger partial charge is 0.338 e. The van der Waals surface area contributed by atoms with Crippen molar-refractivity contribution in [3.8, 4) is 0 Å². The summed E-state index contributed by atoms with van der Waals surface area (Å²) in [7, 11) is -3.95. The van der Waals surface area contributed by atoms with Crippen LogP contribution in [-0.4, -0.2) is 49.7 Å². The summed E-state index contributed by atoms with van der Waals surface area (Å²) in [6.45, 7) is 7.19. The molecule has 0 radical (unpaired) electrons. The molecular weight excluding hydrogens is 343 g/mol. The summed E-state index contributed by atoms with van der Waals surface area (Å²) in [4.78, 5) is 14.1. The zero-order valence-electron chi connectivity index (χ0n) is 15.2. The van der Waals surface area contributed by atoms with Gasteiger partial charge < -0.3 is 4.90 Å². The van der Waals surface area contributed by atoms with Crippen LogP contribution in [0.4, 0.5) is 4.39 Å². The molecule has 0 N–H and O–H groups in total. The summed E-state index contributed by atoms with van der Waals surface area (Å²) in [5.74, 6) is -0.521. The van der Waals surface area contributed by atoms with Gasteiger partial charge in [-0.2, -0.15) is 4.31 Å². The second kappa shape index (κ2) is 8.27. The predicted molar refractivity (Wildman–Crippen MR) is 95.4 cm³/mol. The van der Waals surface area contributed by atoms with Crippen LogP contribution >= 0.6 is 0 Å². The smallest absolute Gasteiger partial charge is 0.253 e. The minimum atomic E-state index is -3.95. The Morgan fingerprint density at radius 1 is 1.20 bits per heavy atom. The van der Waals surface area contributed by atoms with E-state index in [1.165, 1.54) is 16.4 Å². The van der Waals surface area contributed by atoms with Crippen molar-refractivity contribution in [1.82, 2.24) is 9.21 Å². The van der Waals surface area contributed by atoms with Crippen LogP contribution in [0.3, 0.4) is 0 Å². The number of hydrogen-bond acceptors (Lipinski definition) is 3. The molecule has 0 saturated heterocycles. The van der Waals surface area contributed by atoms with Gasteiger partial charge in [-0.1, -0.05) is 20.8 Å². The van der Waals surface area contributed by atoms with Crippen molar-refractivity contribution in [3.05, 3.63) is 29.6 Å². The third-order valence-electron chi connectivity index (χ3n) is 4.46. The van der Waals surface area contributed by atoms with Crippen LogP contribution in [0.15, 0.2) is 23.1 Å². The summed E-state index contributed by atoms with van der Waals surface area (Å²) in [6.07, 6.45) is 3.07. The third kappa shape index (κ3) is 4.58. The summed E-state index contributed by atoms with van der Waals surface area (Å²) >= 11 is 0. The van der Waals surface area contributed by atoms with E-state index in [2.05, 4.69) is 0 Å². The van der Waals surface area contributed by atoms with Crippen LogP contribution in [0.25, 0.3) is 0 Å². The molecule has 1 aromatic carbocycles. The number of sulfonamides is 1. The molecule has 0 bridgehead atoms. The van der Waals surface area contributed by atoms with Gasteiger partial charge in [0.1, 0.15) is 10.7 Å². The molecular formula is C18H27FN2O3S. The molecule has 5 nitrogen and oxygen atoms in total. The molecule has 2 rings (SSSR count). The van der Waals surface area contributed by atoms with Gasteiger partial charge in [0.15, 0.2) is 0 Å². The average Bonchev–Trinajstić information content (AvgIpc) is 3.39. The van der Waals surface area contributed by atoms with Crippen LogP contribution in [0.5, 0.6) is 0 Å². The van der Waals surface area contributed by atoms with Crippen molar-refractivity contribution in [2.75, 3.05) is 26.2 Å². The van der Waals surface area contributed by atoms with Gasteiger partial charge in [-0.25, -0.2) is 12.8 Å². The van der Waals surface area contributed by atoms with Gasteiger partial charge in [-0.15, -0.1) is 0 Å². The summed E-state index contributed by atoms with van der Waals surface area (Å²) in [6, 6.07) is 3.63. The minimum absolute atomic E-state index is 0.223. The van der Waals surface area contributed by atoms with Crippen LogP contribution in [0.1, 0.15) is 50.4 Å². The van der Waals surface area contributed by atoms with Gasteiger partial charge in [-0.05, 0) is 43.4 Å². The van der Waals surface area contributed by atoms with Crippen molar-refractivity contribution in [2.24, 2.45) is 5.92 Å². The van der Waals surface area contributed by atoms with Gasteiger partial charge >= 0.3 is 0 Å². The molecule has 0 unspecified atom stereocenters. The second-order valence-electron chi connectivity index (χ2n) is 6.43. The van der Waals surface area contributed by atoms with E-state index in [4.69, 9.17) is 0 Å². The van der Waals surface area contributed by atoms with Gasteiger partial charge in [-0.3, -0.25) is 4.79 Å². The first kappa shape index (κ1) is 19.8. The van der Waals surface area contributed by atoms with Crippen molar-refractivity contribution >= 4 is 15.9 Å². The summed E-state index contributed by atoms with van der Waals surface area (Å²) in [5.41, 5.74) is 0.223. The topological polar surface area (TPSA) is 57.7 Å². The molecule has 1 amide bonds. The Balaban J connectivity index is 2.35. The quantitative estimate of drug-likeness (QED) is 0.671. The van der Waals surface area contributed by atoms with Crippen molar-refractivity contribution in [3.63, 3.8) is 0 Å². The summed E-state index contributed by atoms with van der Waals surface area (Å²) in [5, 5.41) is 0. The number of carbonyl (C=O) groups is 1. The molecule has 1 saturated carbocycles. The highest BCUT2D eigenvalue weighted by atomic mass is 32.2. The Bertz CT molecular complexity index is 713. The van der Waals surface area contributed by atoms with Gasteiger partial charge in [0.05, 0.1) is 0 Å². The molecule has 140 valence electrons. The number of hydrogen-bond donors (Lipinski definition) is 0. The maximum absolute atomic E-state index is 14.2.